The molecule has 0 unspecified atom stereocenters. The van der Waals surface area contributed by atoms with Gasteiger partial charge in [0.05, 0.1) is 6.10 Å². The number of aromatic hydroxyl groups is 1. The maximum Gasteiger partial charge on any atom is 0.422 e. The highest BCUT2D eigenvalue weighted by Gasteiger charge is 2.29. The van der Waals surface area contributed by atoms with Gasteiger partial charge in [0.25, 0.3) is 0 Å². The molecule has 1 aromatic rings. The van der Waals surface area contributed by atoms with Gasteiger partial charge in [0.15, 0.2) is 0 Å². The quantitative estimate of drug-likeness (QED) is 0.872. The van der Waals surface area contributed by atoms with E-state index in [2.05, 4.69) is 0 Å². The largest absolute Gasteiger partial charge is 0.508 e. The molecule has 0 aromatic heterocycles. The Kier molecular flexibility index (Phi) is 4.38. The molecule has 2 N–H and O–H groups in total. The first-order chi connectivity index (χ1) is 9.78. The van der Waals surface area contributed by atoms with Gasteiger partial charge in [-0.1, -0.05) is 6.07 Å². The van der Waals surface area contributed by atoms with Crippen molar-refractivity contribution in [3.05, 3.63) is 29.3 Å². The second-order valence-corrected chi connectivity index (χ2v) is 6.77. The first-order valence-electron chi connectivity index (χ1n) is 6.57. The molecule has 1 amide bonds. The fourth-order valence-electron chi connectivity index (χ4n) is 2.13. The van der Waals surface area contributed by atoms with Crippen molar-refractivity contribution >= 4 is 16.3 Å². The summed E-state index contributed by atoms with van der Waals surface area (Å²) in [4.78, 5) is 11.4. The van der Waals surface area contributed by atoms with E-state index in [9.17, 15) is 18.3 Å². The van der Waals surface area contributed by atoms with E-state index in [-0.39, 0.29) is 18.8 Å². The number of rotatable bonds is 3. The van der Waals surface area contributed by atoms with Crippen molar-refractivity contribution in [1.29, 1.82) is 0 Å². The van der Waals surface area contributed by atoms with Crippen LogP contribution in [0.3, 0.4) is 0 Å². The Morgan fingerprint density at radius 3 is 2.76 bits per heavy atom. The van der Waals surface area contributed by atoms with E-state index >= 15 is 0 Å². The van der Waals surface area contributed by atoms with Crippen LogP contribution >= 0.6 is 0 Å². The molecule has 0 bridgehead atoms. The lowest BCUT2D eigenvalue weighted by Crippen LogP contribution is -2.46. The van der Waals surface area contributed by atoms with Crippen LogP contribution in [0.1, 0.15) is 25.0 Å². The normalized spacial score (nSPS) is 15.6. The maximum absolute atomic E-state index is 12.1. The zero-order valence-electron chi connectivity index (χ0n) is 11.9. The molecule has 1 aromatic carbocycles. The van der Waals surface area contributed by atoms with Crippen molar-refractivity contribution in [2.45, 2.75) is 32.9 Å². The van der Waals surface area contributed by atoms with Gasteiger partial charge >= 0.3 is 16.3 Å². The highest BCUT2D eigenvalue weighted by Crippen LogP contribution is 2.24. The minimum atomic E-state index is -3.96. The van der Waals surface area contributed by atoms with Gasteiger partial charge in [-0.05, 0) is 43.5 Å². The van der Waals surface area contributed by atoms with Gasteiger partial charge in [0.1, 0.15) is 5.75 Å². The van der Waals surface area contributed by atoms with E-state index < -0.39 is 22.4 Å². The van der Waals surface area contributed by atoms with Crippen LogP contribution in [0.4, 0.5) is 4.79 Å². The molecule has 1 aliphatic heterocycles. The molecular formula is C13H18N2O5S. The molecule has 0 saturated heterocycles. The van der Waals surface area contributed by atoms with Crippen LogP contribution in [0.25, 0.3) is 0 Å². The summed E-state index contributed by atoms with van der Waals surface area (Å²) in [6.45, 7) is 3.63. The number of carbonyl (C=O) groups is 1. The lowest BCUT2D eigenvalue weighted by molar-refractivity contribution is 0.121. The smallest absolute Gasteiger partial charge is 0.422 e. The second-order valence-electron chi connectivity index (χ2n) is 5.10. The summed E-state index contributed by atoms with van der Waals surface area (Å²) in [5, 5.41) is 9.46. The molecule has 0 spiro atoms. The molecular weight excluding hydrogens is 296 g/mol. The average Bonchev–Trinajstić information content (AvgIpc) is 2.35. The number of ether oxygens (including phenoxy) is 1. The lowest BCUT2D eigenvalue weighted by Gasteiger charge is -2.28. The minimum Gasteiger partial charge on any atom is -0.508 e. The fourth-order valence-corrected chi connectivity index (χ4v) is 3.16. The summed E-state index contributed by atoms with van der Waals surface area (Å²) in [5.74, 6) is 0.0835. The SMILES string of the molecule is CC(C)OC(=O)NS(=O)(=O)N1CCc2ccc(O)cc2C1. The standard InChI is InChI=1S/C13H18N2O5S/c1-9(2)20-13(17)14-21(18,19)15-6-5-10-3-4-12(16)7-11(10)8-15/h3-4,7,9,16H,5-6,8H2,1-2H3,(H,14,17). The maximum atomic E-state index is 12.1. The summed E-state index contributed by atoms with van der Waals surface area (Å²) in [7, 11) is -3.96. The number of phenolic OH excluding ortho intramolecular Hbond substituents is 1. The van der Waals surface area contributed by atoms with Gasteiger partial charge in [-0.3, -0.25) is 0 Å². The second kappa shape index (κ2) is 5.90. The monoisotopic (exact) mass is 314 g/mol. The predicted molar refractivity (Wildman–Crippen MR) is 75.9 cm³/mol. The number of hydrogen-bond acceptors (Lipinski definition) is 5. The first kappa shape index (κ1) is 15.6. The highest BCUT2D eigenvalue weighted by atomic mass is 32.2. The zero-order valence-corrected chi connectivity index (χ0v) is 12.7. The molecule has 21 heavy (non-hydrogen) atoms. The molecule has 2 rings (SSSR count). The Bertz CT molecular complexity index is 642. The number of nitrogens with zero attached hydrogens (tertiary/aromatic N) is 1. The third-order valence-electron chi connectivity index (χ3n) is 3.06. The van der Waals surface area contributed by atoms with E-state index in [1.165, 1.54) is 6.07 Å². The van der Waals surface area contributed by atoms with Crippen LogP contribution in [0.2, 0.25) is 0 Å². The minimum absolute atomic E-state index is 0.0835. The van der Waals surface area contributed by atoms with Crippen molar-refractivity contribution in [2.75, 3.05) is 6.54 Å². The molecule has 1 heterocycles. The van der Waals surface area contributed by atoms with Crippen LogP contribution in [-0.4, -0.2) is 36.6 Å². The van der Waals surface area contributed by atoms with Crippen molar-refractivity contribution in [1.82, 2.24) is 9.03 Å². The fraction of sp³-hybridized carbons (Fsp3) is 0.462. The van der Waals surface area contributed by atoms with Gasteiger partial charge in [-0.25, -0.2) is 9.52 Å². The molecule has 7 nitrogen and oxygen atoms in total. The third-order valence-corrected chi connectivity index (χ3v) is 4.48. The summed E-state index contributed by atoms with van der Waals surface area (Å²) in [6, 6.07) is 4.87. The molecule has 0 fully saturated rings. The molecule has 1 aliphatic rings. The van der Waals surface area contributed by atoms with Crippen molar-refractivity contribution in [3.63, 3.8) is 0 Å². The third kappa shape index (κ3) is 3.85. The van der Waals surface area contributed by atoms with E-state index in [4.69, 9.17) is 4.74 Å². The molecule has 8 heteroatoms. The van der Waals surface area contributed by atoms with E-state index in [1.807, 2.05) is 4.72 Å². The number of amides is 1. The Hall–Kier alpha value is -1.80. The van der Waals surface area contributed by atoms with Gasteiger partial charge < -0.3 is 9.84 Å². The lowest BCUT2D eigenvalue weighted by atomic mass is 10.0. The molecule has 0 atom stereocenters. The number of phenols is 1. The van der Waals surface area contributed by atoms with Crippen LogP contribution in [-0.2, 0) is 27.9 Å². The predicted octanol–water partition coefficient (Wildman–Crippen LogP) is 1.13. The summed E-state index contributed by atoms with van der Waals surface area (Å²) in [6.07, 6.45) is -0.874. The van der Waals surface area contributed by atoms with E-state index in [0.717, 1.165) is 15.4 Å². The summed E-state index contributed by atoms with van der Waals surface area (Å²) >= 11 is 0. The van der Waals surface area contributed by atoms with Gasteiger partial charge in [-0.2, -0.15) is 12.7 Å². The van der Waals surface area contributed by atoms with Crippen molar-refractivity contribution in [3.8, 4) is 5.75 Å². The number of benzene rings is 1. The molecule has 0 saturated carbocycles. The van der Waals surface area contributed by atoms with Crippen LogP contribution in [0.5, 0.6) is 5.75 Å². The number of hydrogen-bond donors (Lipinski definition) is 2. The number of nitrogens with one attached hydrogen (secondary N) is 1. The Morgan fingerprint density at radius 2 is 2.10 bits per heavy atom. The molecule has 116 valence electrons. The number of fused-ring (bicyclic) bond motifs is 1. The van der Waals surface area contributed by atoms with Crippen LogP contribution in [0.15, 0.2) is 18.2 Å². The van der Waals surface area contributed by atoms with Crippen LogP contribution in [0, 0.1) is 0 Å². The molecule has 0 aliphatic carbocycles. The Morgan fingerprint density at radius 1 is 1.38 bits per heavy atom. The first-order valence-corrected chi connectivity index (χ1v) is 8.01. The van der Waals surface area contributed by atoms with E-state index in [1.54, 1.807) is 26.0 Å². The Balaban J connectivity index is 2.10. The number of carbonyl (C=O) groups excluding carboxylic acids is 1. The highest BCUT2D eigenvalue weighted by molar-refractivity contribution is 7.87. The van der Waals surface area contributed by atoms with Crippen molar-refractivity contribution < 1.29 is 23.1 Å². The average molecular weight is 314 g/mol. The zero-order chi connectivity index (χ0) is 15.6. The molecule has 0 radical (unpaired) electrons. The van der Waals surface area contributed by atoms with Crippen LogP contribution < -0.4 is 4.72 Å². The summed E-state index contributed by atoms with van der Waals surface area (Å²) in [5.41, 5.74) is 1.72. The van der Waals surface area contributed by atoms with Gasteiger partial charge in [0, 0.05) is 13.1 Å². The summed E-state index contributed by atoms with van der Waals surface area (Å²) < 4.78 is 32.0. The van der Waals surface area contributed by atoms with Gasteiger partial charge in [0.2, 0.25) is 0 Å². The topological polar surface area (TPSA) is 95.9 Å². The van der Waals surface area contributed by atoms with Gasteiger partial charge in [-0.15, -0.1) is 0 Å². The van der Waals surface area contributed by atoms with Crippen molar-refractivity contribution in [2.24, 2.45) is 0 Å². The van der Waals surface area contributed by atoms with E-state index in [0.29, 0.717) is 6.42 Å². The Labute approximate surface area is 123 Å².